The van der Waals surface area contributed by atoms with Gasteiger partial charge in [0.25, 0.3) is 0 Å². The largest absolute Gasteiger partial charge is 0.302 e. The maximum atomic E-state index is 10.4. The zero-order chi connectivity index (χ0) is 15.1. The Kier molecular flexibility index (Phi) is 6.51. The number of benzene rings is 1. The summed E-state index contributed by atoms with van der Waals surface area (Å²) in [7, 11) is 9.04. The molecule has 0 saturated carbocycles. The highest BCUT2D eigenvalue weighted by molar-refractivity contribution is 7.50. The van der Waals surface area contributed by atoms with Gasteiger partial charge >= 0.3 is 0 Å². The molecule has 1 N–H and O–H groups in total. The van der Waals surface area contributed by atoms with Crippen LogP contribution < -0.4 is 0 Å². The molecule has 2 rings (SSSR count). The smallest absolute Gasteiger partial charge is 0.214 e. The lowest BCUT2D eigenvalue weighted by Gasteiger charge is -2.34. The van der Waals surface area contributed by atoms with E-state index in [4.69, 9.17) is 0 Å². The SMILES string of the molecule is CN(C)P(N(C)C)N(C)C=O.c1ccc2n[nH]nc2c1. The average Bonchev–Trinajstić information content (AvgIpc) is 2.86. The molecule has 0 saturated heterocycles. The molecule has 1 amide bonds. The Labute approximate surface area is 120 Å². The van der Waals surface area contributed by atoms with Gasteiger partial charge in [-0.15, -0.1) is 0 Å². The fourth-order valence-corrected chi connectivity index (χ4v) is 3.68. The van der Waals surface area contributed by atoms with Crippen LogP contribution in [-0.4, -0.2) is 71.1 Å². The van der Waals surface area contributed by atoms with Crippen LogP contribution in [0.5, 0.6) is 0 Å². The zero-order valence-corrected chi connectivity index (χ0v) is 13.4. The summed E-state index contributed by atoms with van der Waals surface area (Å²) in [4.78, 5) is 10.4. The van der Waals surface area contributed by atoms with Crippen molar-refractivity contribution in [2.45, 2.75) is 0 Å². The first kappa shape index (κ1) is 16.5. The van der Waals surface area contributed by atoms with E-state index in [1.54, 1.807) is 11.7 Å². The molecule has 0 radical (unpaired) electrons. The summed E-state index contributed by atoms with van der Waals surface area (Å²) in [6, 6.07) is 7.70. The second-order valence-corrected chi connectivity index (χ2v) is 7.22. The lowest BCUT2D eigenvalue weighted by molar-refractivity contribution is -0.113. The van der Waals surface area contributed by atoms with Crippen LogP contribution in [0, 0.1) is 0 Å². The molecule has 1 aromatic heterocycles. The van der Waals surface area contributed by atoms with Crippen LogP contribution in [0.2, 0.25) is 0 Å². The van der Waals surface area contributed by atoms with Crippen molar-refractivity contribution in [3.8, 4) is 0 Å². The van der Waals surface area contributed by atoms with Crippen LogP contribution in [0.25, 0.3) is 11.0 Å². The Morgan fingerprint density at radius 3 is 1.75 bits per heavy atom. The van der Waals surface area contributed by atoms with Gasteiger partial charge in [0.05, 0.1) is 0 Å². The molecule has 0 unspecified atom stereocenters. The summed E-state index contributed by atoms with van der Waals surface area (Å²) in [5.74, 6) is 0. The van der Waals surface area contributed by atoms with Gasteiger partial charge in [-0.1, -0.05) is 12.1 Å². The van der Waals surface area contributed by atoms with E-state index in [0.717, 1.165) is 17.4 Å². The number of aromatic nitrogens is 3. The molecule has 110 valence electrons. The van der Waals surface area contributed by atoms with Gasteiger partial charge in [0, 0.05) is 7.05 Å². The van der Waals surface area contributed by atoms with Gasteiger partial charge in [-0.05, 0) is 40.3 Å². The third-order valence-corrected chi connectivity index (χ3v) is 4.46. The lowest BCUT2D eigenvalue weighted by Crippen LogP contribution is -2.27. The molecule has 1 heterocycles. The molecule has 0 fully saturated rings. The molecular formula is C12H21N6OP. The maximum Gasteiger partial charge on any atom is 0.214 e. The highest BCUT2D eigenvalue weighted by atomic mass is 31.2. The molecule has 0 atom stereocenters. The van der Waals surface area contributed by atoms with Gasteiger partial charge in [-0.25, -0.2) is 0 Å². The quantitative estimate of drug-likeness (QED) is 0.682. The number of H-pyrrole nitrogens is 1. The van der Waals surface area contributed by atoms with Crippen molar-refractivity contribution < 1.29 is 4.79 Å². The van der Waals surface area contributed by atoms with Crippen molar-refractivity contribution in [3.63, 3.8) is 0 Å². The summed E-state index contributed by atoms with van der Waals surface area (Å²) < 4.78 is 5.74. The monoisotopic (exact) mass is 296 g/mol. The Morgan fingerprint density at radius 2 is 1.45 bits per heavy atom. The zero-order valence-electron chi connectivity index (χ0n) is 12.5. The molecule has 0 aliphatic heterocycles. The number of hydrogen-bond donors (Lipinski definition) is 1. The van der Waals surface area contributed by atoms with E-state index >= 15 is 0 Å². The van der Waals surface area contributed by atoms with Crippen molar-refractivity contribution in [3.05, 3.63) is 24.3 Å². The summed E-state index contributed by atoms with van der Waals surface area (Å²) in [5.41, 5.74) is 1.83. The minimum Gasteiger partial charge on any atom is -0.302 e. The average molecular weight is 296 g/mol. The van der Waals surface area contributed by atoms with Crippen molar-refractivity contribution in [2.75, 3.05) is 35.2 Å². The first-order chi connectivity index (χ1) is 9.47. The van der Waals surface area contributed by atoms with E-state index in [9.17, 15) is 4.79 Å². The van der Waals surface area contributed by atoms with Crippen molar-refractivity contribution in [2.24, 2.45) is 0 Å². The number of hydrogen-bond acceptors (Lipinski definition) is 5. The molecule has 0 aliphatic rings. The number of fused-ring (bicyclic) bond motifs is 1. The van der Waals surface area contributed by atoms with Gasteiger partial charge in [0.15, 0.2) is 0 Å². The number of amides is 1. The molecule has 20 heavy (non-hydrogen) atoms. The Balaban J connectivity index is 0.000000202. The van der Waals surface area contributed by atoms with Gasteiger partial charge in [0.1, 0.15) is 19.4 Å². The Morgan fingerprint density at radius 1 is 1.00 bits per heavy atom. The van der Waals surface area contributed by atoms with Crippen LogP contribution in [0.1, 0.15) is 0 Å². The normalized spacial score (nSPS) is 10.8. The molecule has 0 spiro atoms. The minimum absolute atomic E-state index is 0.608. The van der Waals surface area contributed by atoms with E-state index in [1.807, 2.05) is 61.8 Å². The lowest BCUT2D eigenvalue weighted by atomic mass is 10.3. The molecule has 0 bridgehead atoms. The maximum absolute atomic E-state index is 10.4. The Hall–Kier alpha value is -1.56. The number of carbonyl (C=O) groups excluding carboxylic acids is 1. The topological polar surface area (TPSA) is 68.4 Å². The van der Waals surface area contributed by atoms with Crippen LogP contribution in [0.4, 0.5) is 0 Å². The van der Waals surface area contributed by atoms with E-state index < -0.39 is 8.37 Å². The molecular weight excluding hydrogens is 275 g/mol. The molecule has 7 nitrogen and oxygen atoms in total. The molecule has 0 aliphatic carbocycles. The van der Waals surface area contributed by atoms with E-state index in [2.05, 4.69) is 15.4 Å². The van der Waals surface area contributed by atoms with Crippen LogP contribution in [0.3, 0.4) is 0 Å². The van der Waals surface area contributed by atoms with Gasteiger partial charge < -0.3 is 4.67 Å². The van der Waals surface area contributed by atoms with Gasteiger partial charge in [0.2, 0.25) is 6.41 Å². The standard InChI is InChI=1S/C6H16N3OP.C6H5N3/c1-7(2)11(8(3)4)9(5)6-10;1-2-4-6-5(3-1)7-9-8-6/h6H,1-5H3;1-4H,(H,7,8,9). The number of nitrogens with zero attached hydrogens (tertiary/aromatic N) is 5. The van der Waals surface area contributed by atoms with E-state index in [0.29, 0.717) is 0 Å². The number of carbonyl (C=O) groups is 1. The Bertz CT molecular complexity index is 491. The fourth-order valence-electron chi connectivity index (χ4n) is 1.75. The summed E-state index contributed by atoms with van der Waals surface area (Å²) in [6.07, 6.45) is 0.853. The summed E-state index contributed by atoms with van der Waals surface area (Å²) >= 11 is 0. The second kappa shape index (κ2) is 7.89. The predicted octanol–water partition coefficient (Wildman–Crippen LogP) is 1.38. The highest BCUT2D eigenvalue weighted by Gasteiger charge is 2.18. The van der Waals surface area contributed by atoms with Crippen molar-refractivity contribution in [1.29, 1.82) is 0 Å². The van der Waals surface area contributed by atoms with Gasteiger partial charge in [-0.3, -0.25) is 14.1 Å². The van der Waals surface area contributed by atoms with Crippen molar-refractivity contribution >= 4 is 25.8 Å². The van der Waals surface area contributed by atoms with E-state index in [1.165, 1.54) is 0 Å². The molecule has 8 heteroatoms. The summed E-state index contributed by atoms with van der Waals surface area (Å²) in [6.45, 7) is 0. The number of aromatic amines is 1. The minimum atomic E-state index is -0.608. The third kappa shape index (κ3) is 4.52. The second-order valence-electron chi connectivity index (χ2n) is 4.45. The first-order valence-electron chi connectivity index (χ1n) is 6.05. The van der Waals surface area contributed by atoms with Crippen LogP contribution in [-0.2, 0) is 4.79 Å². The number of rotatable bonds is 4. The fraction of sp³-hybridized carbons (Fsp3) is 0.417. The number of para-hydroxylation sites is 2. The van der Waals surface area contributed by atoms with E-state index in [-0.39, 0.29) is 0 Å². The first-order valence-corrected chi connectivity index (χ1v) is 7.25. The number of nitrogens with one attached hydrogen (secondary N) is 1. The highest BCUT2D eigenvalue weighted by Crippen LogP contribution is 2.41. The van der Waals surface area contributed by atoms with Crippen molar-refractivity contribution in [1.82, 2.24) is 29.4 Å². The van der Waals surface area contributed by atoms with Gasteiger partial charge in [-0.2, -0.15) is 15.4 Å². The summed E-state index contributed by atoms with van der Waals surface area (Å²) in [5, 5.41) is 10.3. The molecule has 2 aromatic rings. The van der Waals surface area contributed by atoms with Crippen LogP contribution in [0.15, 0.2) is 24.3 Å². The molecule has 1 aromatic carbocycles. The predicted molar refractivity (Wildman–Crippen MR) is 82.0 cm³/mol. The third-order valence-electron chi connectivity index (χ3n) is 2.37. The van der Waals surface area contributed by atoms with Crippen LogP contribution >= 0.6 is 8.37 Å².